The van der Waals surface area contributed by atoms with Crippen molar-refractivity contribution >= 4 is 37.6 Å². The number of hydrogen-bond acceptors (Lipinski definition) is 2. The molecular weight excluding hydrogens is 393 g/mol. The van der Waals surface area contributed by atoms with Crippen molar-refractivity contribution in [3.05, 3.63) is 67.2 Å². The number of rotatable bonds is 4. The predicted octanol–water partition coefficient (Wildman–Crippen LogP) is 3.32. The van der Waals surface area contributed by atoms with Gasteiger partial charge in [0.1, 0.15) is 5.82 Å². The summed E-state index contributed by atoms with van der Waals surface area (Å²) in [6, 6.07) is 7.37. The number of carbonyl (C=O) groups excluding carboxylic acids is 1. The van der Waals surface area contributed by atoms with Gasteiger partial charge in [-0.05, 0) is 55.6 Å². The third-order valence-electron chi connectivity index (χ3n) is 2.67. The molecular formula is C14H10Br2FNO2. The molecule has 0 saturated carbocycles. The van der Waals surface area contributed by atoms with Crippen molar-refractivity contribution in [3.63, 3.8) is 0 Å². The fourth-order valence-electron chi connectivity index (χ4n) is 1.76. The van der Waals surface area contributed by atoms with Crippen molar-refractivity contribution in [1.82, 2.24) is 4.57 Å². The Morgan fingerprint density at radius 2 is 1.85 bits per heavy atom. The van der Waals surface area contributed by atoms with Gasteiger partial charge < -0.3 is 4.57 Å². The van der Waals surface area contributed by atoms with Gasteiger partial charge in [-0.25, -0.2) is 4.39 Å². The molecule has 3 nitrogen and oxygen atoms in total. The van der Waals surface area contributed by atoms with E-state index in [0.717, 1.165) is 5.56 Å². The molecule has 1 aromatic carbocycles. The van der Waals surface area contributed by atoms with Crippen molar-refractivity contribution in [2.45, 2.75) is 13.0 Å². The van der Waals surface area contributed by atoms with Crippen LogP contribution in [0.5, 0.6) is 0 Å². The van der Waals surface area contributed by atoms with Gasteiger partial charge in [0.25, 0.3) is 5.56 Å². The number of benzene rings is 1. The second kappa shape index (κ2) is 6.45. The summed E-state index contributed by atoms with van der Waals surface area (Å²) in [6.07, 6.45) is 1.73. The molecule has 0 amide bonds. The summed E-state index contributed by atoms with van der Waals surface area (Å²) in [5, 5.41) is 0. The summed E-state index contributed by atoms with van der Waals surface area (Å²) < 4.78 is 15.2. The minimum absolute atomic E-state index is 0.0196. The third kappa shape index (κ3) is 3.86. The topological polar surface area (TPSA) is 39.1 Å². The molecule has 0 N–H and O–H groups in total. The van der Waals surface area contributed by atoms with E-state index in [-0.39, 0.29) is 30.1 Å². The summed E-state index contributed by atoms with van der Waals surface area (Å²) in [6.45, 7) is -0.0196. The second-order valence-electron chi connectivity index (χ2n) is 4.28. The van der Waals surface area contributed by atoms with Gasteiger partial charge in [-0.15, -0.1) is 0 Å². The molecule has 6 heteroatoms. The minimum Gasteiger partial charge on any atom is -0.306 e. The number of aromatic nitrogens is 1. The van der Waals surface area contributed by atoms with E-state index in [0.29, 0.717) is 8.95 Å². The molecule has 104 valence electrons. The lowest BCUT2D eigenvalue weighted by Gasteiger charge is -2.06. The largest absolute Gasteiger partial charge is 0.306 e. The number of ketones is 1. The first-order chi connectivity index (χ1) is 9.45. The van der Waals surface area contributed by atoms with Gasteiger partial charge in [-0.2, -0.15) is 0 Å². The van der Waals surface area contributed by atoms with Gasteiger partial charge in [0.15, 0.2) is 5.78 Å². The molecule has 20 heavy (non-hydrogen) atoms. The van der Waals surface area contributed by atoms with Crippen LogP contribution in [0, 0.1) is 5.82 Å². The maximum Gasteiger partial charge on any atom is 0.265 e. The molecule has 0 aliphatic rings. The summed E-state index contributed by atoms with van der Waals surface area (Å²) in [5.74, 6) is -0.461. The minimum atomic E-state index is -0.340. The molecule has 0 spiro atoms. The Hall–Kier alpha value is -1.27. The molecule has 0 unspecified atom stereocenters. The van der Waals surface area contributed by atoms with Crippen LogP contribution in [0.15, 0.2) is 50.3 Å². The molecule has 0 radical (unpaired) electrons. The third-order valence-corrected chi connectivity index (χ3v) is 3.67. The number of halogens is 3. The van der Waals surface area contributed by atoms with Crippen LogP contribution < -0.4 is 5.56 Å². The Morgan fingerprint density at radius 1 is 1.20 bits per heavy atom. The maximum atomic E-state index is 12.8. The van der Waals surface area contributed by atoms with Gasteiger partial charge >= 0.3 is 0 Å². The van der Waals surface area contributed by atoms with Crippen LogP contribution in [0.3, 0.4) is 0 Å². The molecule has 0 atom stereocenters. The molecule has 0 fully saturated rings. The normalized spacial score (nSPS) is 10.6. The average Bonchev–Trinajstić information content (AvgIpc) is 2.38. The van der Waals surface area contributed by atoms with Crippen LogP contribution in [0.4, 0.5) is 4.39 Å². The number of Topliss-reactive ketones (excluding diaryl/α,β-unsaturated/α-hetero) is 1. The first-order valence-corrected chi connectivity index (χ1v) is 7.36. The molecule has 0 bridgehead atoms. The Balaban J connectivity index is 2.12. The monoisotopic (exact) mass is 401 g/mol. The fourth-order valence-corrected chi connectivity index (χ4v) is 3.02. The summed E-state index contributed by atoms with van der Waals surface area (Å²) in [4.78, 5) is 23.8. The zero-order chi connectivity index (χ0) is 14.7. The summed E-state index contributed by atoms with van der Waals surface area (Å²) >= 11 is 6.41. The first kappa shape index (κ1) is 15.1. The van der Waals surface area contributed by atoms with Crippen molar-refractivity contribution in [2.24, 2.45) is 0 Å². The van der Waals surface area contributed by atoms with Crippen molar-refractivity contribution < 1.29 is 9.18 Å². The van der Waals surface area contributed by atoms with Crippen molar-refractivity contribution in [3.8, 4) is 0 Å². The van der Waals surface area contributed by atoms with E-state index < -0.39 is 0 Å². The van der Waals surface area contributed by atoms with Crippen LogP contribution in [-0.4, -0.2) is 10.4 Å². The highest BCUT2D eigenvalue weighted by atomic mass is 79.9. The summed E-state index contributed by atoms with van der Waals surface area (Å²) in [7, 11) is 0. The Kier molecular flexibility index (Phi) is 4.88. The van der Waals surface area contributed by atoms with Crippen molar-refractivity contribution in [1.29, 1.82) is 0 Å². The smallest absolute Gasteiger partial charge is 0.265 e. The van der Waals surface area contributed by atoms with E-state index in [1.807, 2.05) is 0 Å². The zero-order valence-electron chi connectivity index (χ0n) is 10.3. The van der Waals surface area contributed by atoms with E-state index in [2.05, 4.69) is 31.9 Å². The number of hydrogen-bond donors (Lipinski definition) is 0. The zero-order valence-corrected chi connectivity index (χ0v) is 13.4. The molecule has 2 aromatic rings. The van der Waals surface area contributed by atoms with E-state index in [1.165, 1.54) is 16.7 Å². The van der Waals surface area contributed by atoms with Crippen LogP contribution in [0.1, 0.15) is 5.56 Å². The van der Waals surface area contributed by atoms with Crippen molar-refractivity contribution in [2.75, 3.05) is 0 Å². The van der Waals surface area contributed by atoms with Gasteiger partial charge in [0.2, 0.25) is 0 Å². The summed E-state index contributed by atoms with van der Waals surface area (Å²) in [5.41, 5.74) is 0.458. The molecule has 0 saturated heterocycles. The van der Waals surface area contributed by atoms with E-state index in [4.69, 9.17) is 0 Å². The number of carbonyl (C=O) groups is 1. The van der Waals surface area contributed by atoms with Gasteiger partial charge in [0.05, 0.1) is 11.0 Å². The quantitative estimate of drug-likeness (QED) is 0.786. The van der Waals surface area contributed by atoms with Gasteiger partial charge in [-0.1, -0.05) is 12.1 Å². The second-order valence-corrected chi connectivity index (χ2v) is 6.05. The maximum absolute atomic E-state index is 12.8. The Bertz CT molecular complexity index is 695. The van der Waals surface area contributed by atoms with Crippen LogP contribution >= 0.6 is 31.9 Å². The lowest BCUT2D eigenvalue weighted by atomic mass is 10.1. The van der Waals surface area contributed by atoms with Gasteiger partial charge in [-0.3, -0.25) is 9.59 Å². The lowest BCUT2D eigenvalue weighted by Crippen LogP contribution is -2.25. The highest BCUT2D eigenvalue weighted by molar-refractivity contribution is 9.11. The first-order valence-electron chi connectivity index (χ1n) is 5.77. The molecule has 1 heterocycles. The van der Waals surface area contributed by atoms with Crippen LogP contribution in [0.25, 0.3) is 0 Å². The molecule has 2 rings (SSSR count). The molecule has 0 aliphatic heterocycles. The average molecular weight is 403 g/mol. The number of nitrogens with zero attached hydrogens (tertiary/aromatic N) is 1. The van der Waals surface area contributed by atoms with Gasteiger partial charge in [0, 0.05) is 17.1 Å². The van der Waals surface area contributed by atoms with E-state index in [9.17, 15) is 14.0 Å². The lowest BCUT2D eigenvalue weighted by molar-refractivity contribution is -0.119. The fraction of sp³-hybridized carbons (Fsp3) is 0.143. The predicted molar refractivity (Wildman–Crippen MR) is 81.2 cm³/mol. The van der Waals surface area contributed by atoms with E-state index in [1.54, 1.807) is 24.4 Å². The standard InChI is InChI=1S/C14H10Br2FNO2/c15-10-6-13(16)14(20)18(7-10)8-12(19)5-9-1-3-11(17)4-2-9/h1-4,6-7H,5,8H2. The SMILES string of the molecule is O=C(Cc1ccc(F)cc1)Cn1cc(Br)cc(Br)c1=O. The molecule has 0 aliphatic carbocycles. The Labute approximate surface area is 131 Å². The number of pyridine rings is 1. The Morgan fingerprint density at radius 3 is 2.50 bits per heavy atom. The molecule has 1 aromatic heterocycles. The van der Waals surface area contributed by atoms with Crippen LogP contribution in [-0.2, 0) is 17.8 Å². The van der Waals surface area contributed by atoms with Crippen LogP contribution in [0.2, 0.25) is 0 Å². The highest BCUT2D eigenvalue weighted by Crippen LogP contribution is 2.13. The van der Waals surface area contributed by atoms with E-state index >= 15 is 0 Å². The highest BCUT2D eigenvalue weighted by Gasteiger charge is 2.09.